The van der Waals surface area contributed by atoms with Crippen LogP contribution in [0.4, 0.5) is 5.69 Å². The van der Waals surface area contributed by atoms with Crippen LogP contribution in [0.25, 0.3) is 0 Å². The molecule has 2 aromatic rings. The molecule has 1 amide bonds. The number of halogens is 1. The summed E-state index contributed by atoms with van der Waals surface area (Å²) in [6, 6.07) is 15.2. The third-order valence-corrected chi connectivity index (χ3v) is 3.44. The summed E-state index contributed by atoms with van der Waals surface area (Å²) in [5, 5.41) is 2.82. The molecule has 0 aliphatic heterocycles. The van der Waals surface area contributed by atoms with Crippen LogP contribution in [0, 0.1) is 6.92 Å². The number of anilines is 1. The summed E-state index contributed by atoms with van der Waals surface area (Å²) in [5.41, 5.74) is 1.78. The van der Waals surface area contributed by atoms with Gasteiger partial charge in [0.2, 0.25) is 5.91 Å². The summed E-state index contributed by atoms with van der Waals surface area (Å²) in [6.45, 7) is 2.72. The standard InChI is InChI=1S/C17H18BrNO3/c1-13-7-8-14(18)11-16(13)19-17(20)12-21-9-10-22-15-5-3-2-4-6-15/h2-8,11H,9-10,12H2,1H3,(H,19,20). The molecule has 0 atom stereocenters. The molecule has 0 fully saturated rings. The summed E-state index contributed by atoms with van der Waals surface area (Å²) in [4.78, 5) is 11.8. The molecule has 5 heteroatoms. The number of carbonyl (C=O) groups is 1. The van der Waals surface area contributed by atoms with Crippen molar-refractivity contribution in [1.82, 2.24) is 0 Å². The van der Waals surface area contributed by atoms with E-state index in [9.17, 15) is 4.79 Å². The second-order valence-corrected chi connectivity index (χ2v) is 5.64. The quantitative estimate of drug-likeness (QED) is 0.761. The van der Waals surface area contributed by atoms with Crippen LogP contribution in [0.1, 0.15) is 5.56 Å². The minimum atomic E-state index is -0.180. The fraction of sp³-hybridized carbons (Fsp3) is 0.235. The SMILES string of the molecule is Cc1ccc(Br)cc1NC(=O)COCCOc1ccccc1. The number of carbonyl (C=O) groups excluding carboxylic acids is 1. The molecule has 0 saturated carbocycles. The van der Waals surface area contributed by atoms with Crippen LogP contribution in [0.5, 0.6) is 5.75 Å². The first kappa shape index (κ1) is 16.5. The highest BCUT2D eigenvalue weighted by atomic mass is 79.9. The number of ether oxygens (including phenoxy) is 2. The molecule has 0 aliphatic carbocycles. The van der Waals surface area contributed by atoms with Gasteiger partial charge in [-0.2, -0.15) is 0 Å². The van der Waals surface area contributed by atoms with Crippen LogP contribution in [0.2, 0.25) is 0 Å². The number of hydrogen-bond acceptors (Lipinski definition) is 3. The Labute approximate surface area is 138 Å². The lowest BCUT2D eigenvalue weighted by Crippen LogP contribution is -2.20. The van der Waals surface area contributed by atoms with E-state index in [-0.39, 0.29) is 12.5 Å². The molecule has 0 unspecified atom stereocenters. The molecular weight excluding hydrogens is 346 g/mol. The zero-order valence-electron chi connectivity index (χ0n) is 12.3. The molecule has 0 aromatic heterocycles. The molecule has 0 radical (unpaired) electrons. The Balaban J connectivity index is 1.66. The van der Waals surface area contributed by atoms with Crippen molar-refractivity contribution in [3.8, 4) is 5.75 Å². The molecule has 0 saturated heterocycles. The molecule has 4 nitrogen and oxygen atoms in total. The van der Waals surface area contributed by atoms with E-state index in [4.69, 9.17) is 9.47 Å². The minimum absolute atomic E-state index is 0.00407. The second kappa shape index (κ2) is 8.56. The van der Waals surface area contributed by atoms with E-state index < -0.39 is 0 Å². The zero-order valence-corrected chi connectivity index (χ0v) is 13.9. The summed E-state index contributed by atoms with van der Waals surface area (Å²) >= 11 is 3.38. The molecule has 22 heavy (non-hydrogen) atoms. The fourth-order valence-electron chi connectivity index (χ4n) is 1.82. The number of hydrogen-bond donors (Lipinski definition) is 1. The Morgan fingerprint density at radius 3 is 2.68 bits per heavy atom. The summed E-state index contributed by atoms with van der Waals surface area (Å²) in [6.07, 6.45) is 0. The van der Waals surface area contributed by atoms with E-state index in [2.05, 4.69) is 21.2 Å². The maximum Gasteiger partial charge on any atom is 0.250 e. The zero-order chi connectivity index (χ0) is 15.8. The van der Waals surface area contributed by atoms with Gasteiger partial charge >= 0.3 is 0 Å². The van der Waals surface area contributed by atoms with Crippen LogP contribution in [0.15, 0.2) is 53.0 Å². The van der Waals surface area contributed by atoms with E-state index >= 15 is 0 Å². The third-order valence-electron chi connectivity index (χ3n) is 2.95. The smallest absolute Gasteiger partial charge is 0.250 e. The largest absolute Gasteiger partial charge is 0.491 e. The van der Waals surface area contributed by atoms with Crippen LogP contribution in [-0.2, 0) is 9.53 Å². The summed E-state index contributed by atoms with van der Waals surface area (Å²) in [5.74, 6) is 0.612. The lowest BCUT2D eigenvalue weighted by Gasteiger charge is -2.10. The molecule has 0 spiro atoms. The molecule has 0 aliphatic rings. The van der Waals surface area contributed by atoms with Crippen molar-refractivity contribution < 1.29 is 14.3 Å². The second-order valence-electron chi connectivity index (χ2n) is 4.72. The first-order valence-corrected chi connectivity index (χ1v) is 7.76. The van der Waals surface area contributed by atoms with Gasteiger partial charge < -0.3 is 14.8 Å². The normalized spacial score (nSPS) is 10.3. The van der Waals surface area contributed by atoms with Crippen LogP contribution in [0.3, 0.4) is 0 Å². The first-order valence-electron chi connectivity index (χ1n) is 6.97. The van der Waals surface area contributed by atoms with Crippen molar-refractivity contribution in [2.45, 2.75) is 6.92 Å². The van der Waals surface area contributed by atoms with E-state index in [0.717, 1.165) is 21.5 Å². The van der Waals surface area contributed by atoms with Crippen molar-refractivity contribution in [2.24, 2.45) is 0 Å². The Kier molecular flexibility index (Phi) is 6.43. The van der Waals surface area contributed by atoms with Gasteiger partial charge in [0, 0.05) is 10.2 Å². The van der Waals surface area contributed by atoms with Crippen LogP contribution >= 0.6 is 15.9 Å². The highest BCUT2D eigenvalue weighted by Gasteiger charge is 2.05. The van der Waals surface area contributed by atoms with E-state index in [1.54, 1.807) is 0 Å². The van der Waals surface area contributed by atoms with E-state index in [0.29, 0.717) is 13.2 Å². The van der Waals surface area contributed by atoms with Crippen molar-refractivity contribution in [3.63, 3.8) is 0 Å². The Morgan fingerprint density at radius 1 is 1.14 bits per heavy atom. The Morgan fingerprint density at radius 2 is 1.91 bits per heavy atom. The van der Waals surface area contributed by atoms with Gasteiger partial charge in [0.1, 0.15) is 19.0 Å². The number of aryl methyl sites for hydroxylation is 1. The molecule has 2 rings (SSSR count). The molecule has 1 N–H and O–H groups in total. The minimum Gasteiger partial charge on any atom is -0.491 e. The van der Waals surface area contributed by atoms with E-state index in [1.165, 1.54) is 0 Å². The van der Waals surface area contributed by atoms with Gasteiger partial charge in [-0.15, -0.1) is 0 Å². The maximum absolute atomic E-state index is 11.8. The van der Waals surface area contributed by atoms with E-state index in [1.807, 2.05) is 55.5 Å². The van der Waals surface area contributed by atoms with Gasteiger partial charge in [0.25, 0.3) is 0 Å². The van der Waals surface area contributed by atoms with Crippen molar-refractivity contribution in [2.75, 3.05) is 25.1 Å². The number of rotatable bonds is 7. The number of para-hydroxylation sites is 1. The van der Waals surface area contributed by atoms with Gasteiger partial charge in [-0.25, -0.2) is 0 Å². The van der Waals surface area contributed by atoms with Gasteiger partial charge in [0.15, 0.2) is 0 Å². The van der Waals surface area contributed by atoms with Gasteiger partial charge in [-0.1, -0.05) is 40.2 Å². The van der Waals surface area contributed by atoms with Gasteiger partial charge in [-0.3, -0.25) is 4.79 Å². The molecule has 2 aromatic carbocycles. The average Bonchev–Trinajstić information content (AvgIpc) is 2.51. The molecule has 0 heterocycles. The van der Waals surface area contributed by atoms with Crippen LogP contribution < -0.4 is 10.1 Å². The molecule has 0 bridgehead atoms. The molecule has 116 valence electrons. The first-order chi connectivity index (χ1) is 10.6. The highest BCUT2D eigenvalue weighted by Crippen LogP contribution is 2.20. The van der Waals surface area contributed by atoms with Crippen molar-refractivity contribution in [3.05, 3.63) is 58.6 Å². The van der Waals surface area contributed by atoms with Crippen molar-refractivity contribution in [1.29, 1.82) is 0 Å². The lowest BCUT2D eigenvalue weighted by atomic mass is 10.2. The van der Waals surface area contributed by atoms with Crippen LogP contribution in [-0.4, -0.2) is 25.7 Å². The van der Waals surface area contributed by atoms with Gasteiger partial charge in [-0.05, 0) is 36.8 Å². The predicted molar refractivity (Wildman–Crippen MR) is 90.3 cm³/mol. The fourth-order valence-corrected chi connectivity index (χ4v) is 2.18. The third kappa shape index (κ3) is 5.50. The number of benzene rings is 2. The Hall–Kier alpha value is -1.85. The number of amides is 1. The van der Waals surface area contributed by atoms with Crippen molar-refractivity contribution >= 4 is 27.5 Å². The maximum atomic E-state index is 11.8. The molecular formula is C17H18BrNO3. The average molecular weight is 364 g/mol. The topological polar surface area (TPSA) is 47.6 Å². The van der Waals surface area contributed by atoms with Gasteiger partial charge in [0.05, 0.1) is 6.61 Å². The number of nitrogens with one attached hydrogen (secondary N) is 1. The monoisotopic (exact) mass is 363 g/mol. The Bertz CT molecular complexity index is 617. The highest BCUT2D eigenvalue weighted by molar-refractivity contribution is 9.10. The predicted octanol–water partition coefficient (Wildman–Crippen LogP) is 3.79. The lowest BCUT2D eigenvalue weighted by molar-refractivity contribution is -0.120. The summed E-state index contributed by atoms with van der Waals surface area (Å²) < 4.78 is 11.7. The summed E-state index contributed by atoms with van der Waals surface area (Å²) in [7, 11) is 0.